The summed E-state index contributed by atoms with van der Waals surface area (Å²) in [6.07, 6.45) is 0. The van der Waals surface area contributed by atoms with E-state index in [0.29, 0.717) is 18.1 Å². The minimum atomic E-state index is -0.268. The van der Waals surface area contributed by atoms with Gasteiger partial charge in [0.1, 0.15) is 18.2 Å². The molecular weight excluding hydrogens is 235 g/mol. The van der Waals surface area contributed by atoms with Crippen molar-refractivity contribution in [2.24, 2.45) is 0 Å². The number of benzene rings is 1. The van der Waals surface area contributed by atoms with Gasteiger partial charge in [0.25, 0.3) is 0 Å². The van der Waals surface area contributed by atoms with E-state index in [1.165, 1.54) is 12.1 Å². The van der Waals surface area contributed by atoms with Gasteiger partial charge in [-0.3, -0.25) is 0 Å². The zero-order valence-corrected chi connectivity index (χ0v) is 10.4. The number of hydrogen-bond acceptors (Lipinski definition) is 4. The predicted octanol–water partition coefficient (Wildman–Crippen LogP) is 2.42. The van der Waals surface area contributed by atoms with Gasteiger partial charge in [0.05, 0.1) is 5.69 Å². The van der Waals surface area contributed by atoms with Gasteiger partial charge in [-0.1, -0.05) is 5.16 Å². The molecule has 1 heterocycles. The molecule has 2 aromatic rings. The molecule has 0 aliphatic rings. The van der Waals surface area contributed by atoms with E-state index in [4.69, 9.17) is 9.26 Å². The Bertz CT molecular complexity index is 525. The minimum absolute atomic E-state index is 0.268. The third kappa shape index (κ3) is 3.07. The van der Waals surface area contributed by atoms with Gasteiger partial charge in [-0.15, -0.1) is 0 Å². The van der Waals surface area contributed by atoms with Crippen LogP contribution in [0.3, 0.4) is 0 Å². The van der Waals surface area contributed by atoms with Crippen molar-refractivity contribution in [2.75, 3.05) is 7.05 Å². The molecule has 18 heavy (non-hydrogen) atoms. The third-order valence-corrected chi connectivity index (χ3v) is 2.47. The van der Waals surface area contributed by atoms with Gasteiger partial charge < -0.3 is 14.6 Å². The summed E-state index contributed by atoms with van der Waals surface area (Å²) in [6.45, 7) is 2.73. The second-order valence-corrected chi connectivity index (χ2v) is 4.01. The lowest BCUT2D eigenvalue weighted by Gasteiger charge is -2.06. The Labute approximate surface area is 105 Å². The van der Waals surface area contributed by atoms with Crippen LogP contribution in [0, 0.1) is 12.7 Å². The van der Waals surface area contributed by atoms with Gasteiger partial charge in [0, 0.05) is 12.6 Å². The maximum absolute atomic E-state index is 12.9. The number of ether oxygens (including phenoxy) is 1. The Hall–Kier alpha value is -1.88. The van der Waals surface area contributed by atoms with Crippen molar-refractivity contribution >= 4 is 0 Å². The van der Waals surface area contributed by atoms with Crippen LogP contribution in [0.25, 0.3) is 0 Å². The summed E-state index contributed by atoms with van der Waals surface area (Å²) in [7, 11) is 1.84. The second-order valence-electron chi connectivity index (χ2n) is 4.01. The average molecular weight is 250 g/mol. The number of aromatic nitrogens is 1. The maximum Gasteiger partial charge on any atom is 0.174 e. The summed E-state index contributed by atoms with van der Waals surface area (Å²) in [4.78, 5) is 0. The monoisotopic (exact) mass is 250 g/mol. The van der Waals surface area contributed by atoms with E-state index in [-0.39, 0.29) is 12.4 Å². The fraction of sp³-hybridized carbons (Fsp3) is 0.308. The molecule has 96 valence electrons. The van der Waals surface area contributed by atoms with Crippen LogP contribution in [0.1, 0.15) is 17.0 Å². The summed E-state index contributed by atoms with van der Waals surface area (Å²) in [5.74, 6) is 1.02. The molecule has 0 aliphatic heterocycles. The first kappa shape index (κ1) is 12.6. The average Bonchev–Trinajstić information content (AvgIpc) is 2.76. The molecule has 0 fully saturated rings. The fourth-order valence-corrected chi connectivity index (χ4v) is 1.61. The van der Waals surface area contributed by atoms with E-state index in [1.807, 2.05) is 13.1 Å². The summed E-state index contributed by atoms with van der Waals surface area (Å²) in [5.41, 5.74) is 1.58. The smallest absolute Gasteiger partial charge is 0.174 e. The van der Waals surface area contributed by atoms with Crippen molar-refractivity contribution < 1.29 is 13.7 Å². The molecule has 0 spiro atoms. The summed E-state index contributed by atoms with van der Waals surface area (Å²) >= 11 is 0. The van der Waals surface area contributed by atoms with Crippen molar-refractivity contribution in [3.8, 4) is 5.75 Å². The topological polar surface area (TPSA) is 47.3 Å². The Morgan fingerprint density at radius 1 is 1.39 bits per heavy atom. The number of halogens is 1. The first-order valence-electron chi connectivity index (χ1n) is 5.67. The van der Waals surface area contributed by atoms with Crippen LogP contribution >= 0.6 is 0 Å². The molecule has 5 heteroatoms. The Balaban J connectivity index is 1.97. The van der Waals surface area contributed by atoms with E-state index >= 15 is 0 Å². The zero-order chi connectivity index (χ0) is 13.0. The van der Waals surface area contributed by atoms with E-state index in [2.05, 4.69) is 10.5 Å². The second kappa shape index (κ2) is 5.64. The SMILES string of the molecule is CNCc1cc(COc2ccc(F)cc2C)on1. The van der Waals surface area contributed by atoms with Gasteiger partial charge in [0.2, 0.25) is 0 Å². The number of hydrogen-bond donors (Lipinski definition) is 1. The lowest BCUT2D eigenvalue weighted by molar-refractivity contribution is 0.247. The molecule has 0 amide bonds. The molecule has 1 aromatic heterocycles. The third-order valence-electron chi connectivity index (χ3n) is 2.47. The van der Waals surface area contributed by atoms with Gasteiger partial charge in [-0.25, -0.2) is 4.39 Å². The molecule has 1 aromatic carbocycles. The molecule has 0 saturated carbocycles. The molecular formula is C13H15FN2O2. The lowest BCUT2D eigenvalue weighted by atomic mass is 10.2. The van der Waals surface area contributed by atoms with Gasteiger partial charge in [-0.05, 0) is 37.7 Å². The van der Waals surface area contributed by atoms with Crippen molar-refractivity contribution in [2.45, 2.75) is 20.1 Å². The quantitative estimate of drug-likeness (QED) is 0.885. The van der Waals surface area contributed by atoms with Crippen LogP contribution in [-0.2, 0) is 13.2 Å². The van der Waals surface area contributed by atoms with Crippen LogP contribution < -0.4 is 10.1 Å². The van der Waals surface area contributed by atoms with Gasteiger partial charge in [-0.2, -0.15) is 0 Å². The predicted molar refractivity (Wildman–Crippen MR) is 64.7 cm³/mol. The number of aryl methyl sites for hydroxylation is 1. The Morgan fingerprint density at radius 2 is 2.22 bits per heavy atom. The molecule has 2 rings (SSSR count). The Kier molecular flexibility index (Phi) is 3.94. The van der Waals surface area contributed by atoms with Crippen molar-refractivity contribution in [3.05, 3.63) is 47.1 Å². The van der Waals surface area contributed by atoms with Gasteiger partial charge >= 0.3 is 0 Å². The van der Waals surface area contributed by atoms with Crippen LogP contribution in [0.15, 0.2) is 28.8 Å². The first-order valence-corrected chi connectivity index (χ1v) is 5.67. The number of rotatable bonds is 5. The highest BCUT2D eigenvalue weighted by Crippen LogP contribution is 2.19. The number of nitrogens with one attached hydrogen (secondary N) is 1. The minimum Gasteiger partial charge on any atom is -0.485 e. The molecule has 0 atom stereocenters. The van der Waals surface area contributed by atoms with Crippen molar-refractivity contribution in [3.63, 3.8) is 0 Å². The van der Waals surface area contributed by atoms with E-state index in [1.54, 1.807) is 13.0 Å². The molecule has 0 saturated heterocycles. The van der Waals surface area contributed by atoms with Gasteiger partial charge in [0.15, 0.2) is 5.76 Å². The number of nitrogens with zero attached hydrogens (tertiary/aromatic N) is 1. The molecule has 0 aliphatic carbocycles. The molecule has 0 radical (unpaired) electrons. The van der Waals surface area contributed by atoms with E-state index in [0.717, 1.165) is 11.3 Å². The normalized spacial score (nSPS) is 10.6. The Morgan fingerprint density at radius 3 is 2.94 bits per heavy atom. The summed E-state index contributed by atoms with van der Waals surface area (Å²) < 4.78 is 23.6. The van der Waals surface area contributed by atoms with E-state index in [9.17, 15) is 4.39 Å². The van der Waals surface area contributed by atoms with Crippen LogP contribution in [0.5, 0.6) is 5.75 Å². The summed E-state index contributed by atoms with van der Waals surface area (Å²) in [5, 5.41) is 6.86. The van der Waals surface area contributed by atoms with Crippen LogP contribution in [0.2, 0.25) is 0 Å². The molecule has 0 bridgehead atoms. The highest BCUT2D eigenvalue weighted by atomic mass is 19.1. The zero-order valence-electron chi connectivity index (χ0n) is 10.4. The molecule has 4 nitrogen and oxygen atoms in total. The van der Waals surface area contributed by atoms with Crippen molar-refractivity contribution in [1.82, 2.24) is 10.5 Å². The highest BCUT2D eigenvalue weighted by Gasteiger charge is 2.06. The van der Waals surface area contributed by atoms with Crippen LogP contribution in [-0.4, -0.2) is 12.2 Å². The van der Waals surface area contributed by atoms with Crippen molar-refractivity contribution in [1.29, 1.82) is 0 Å². The van der Waals surface area contributed by atoms with E-state index < -0.39 is 0 Å². The lowest BCUT2D eigenvalue weighted by Crippen LogP contribution is -2.04. The fourth-order valence-electron chi connectivity index (χ4n) is 1.61. The largest absolute Gasteiger partial charge is 0.485 e. The molecule has 1 N–H and O–H groups in total. The highest BCUT2D eigenvalue weighted by molar-refractivity contribution is 5.32. The maximum atomic E-state index is 12.9. The molecule has 0 unspecified atom stereocenters. The first-order chi connectivity index (χ1) is 8.69. The standard InChI is InChI=1S/C13H15FN2O2/c1-9-5-10(14)3-4-13(9)17-8-12-6-11(7-15-2)16-18-12/h3-6,15H,7-8H2,1-2H3. The summed E-state index contributed by atoms with van der Waals surface area (Å²) in [6, 6.07) is 6.24. The van der Waals surface area contributed by atoms with Crippen LogP contribution in [0.4, 0.5) is 4.39 Å².